The maximum absolute atomic E-state index is 11.3. The second kappa shape index (κ2) is 6.17. The van der Waals surface area contributed by atoms with Crippen LogP contribution in [0.5, 0.6) is 0 Å². The summed E-state index contributed by atoms with van der Waals surface area (Å²) in [5, 5.41) is 21.5. The molecule has 0 fully saturated rings. The lowest BCUT2D eigenvalue weighted by Gasteiger charge is -2.05. The molecule has 0 aliphatic heterocycles. The highest BCUT2D eigenvalue weighted by molar-refractivity contribution is 7.11. The molecule has 1 amide bonds. The van der Waals surface area contributed by atoms with E-state index in [2.05, 4.69) is 5.32 Å². The molecule has 0 spiro atoms. The van der Waals surface area contributed by atoms with Crippen LogP contribution in [0.2, 0.25) is 0 Å². The zero-order valence-electron chi connectivity index (χ0n) is 9.21. The predicted octanol–water partition coefficient (Wildman–Crippen LogP) is 0.843. The van der Waals surface area contributed by atoms with E-state index in [-0.39, 0.29) is 6.61 Å². The first kappa shape index (κ1) is 13.4. The standard InChI is InChI=1S/C11H13NO4S/c1-7(11(15)16)12-10(14)3-2-9-4-8(5-13)6-17-9/h2-4,6-7,13H,5H2,1H3,(H,12,14)(H,15,16)/t7-/m1/s1. The summed E-state index contributed by atoms with van der Waals surface area (Å²) in [6.07, 6.45) is 2.85. The monoisotopic (exact) mass is 255 g/mol. The summed E-state index contributed by atoms with van der Waals surface area (Å²) in [5.41, 5.74) is 0.786. The van der Waals surface area contributed by atoms with E-state index in [0.29, 0.717) is 0 Å². The van der Waals surface area contributed by atoms with E-state index in [1.807, 2.05) is 0 Å². The fourth-order valence-electron chi connectivity index (χ4n) is 1.05. The number of carbonyl (C=O) groups is 2. The Morgan fingerprint density at radius 3 is 2.82 bits per heavy atom. The van der Waals surface area contributed by atoms with Crippen molar-refractivity contribution in [1.29, 1.82) is 0 Å². The third kappa shape index (κ3) is 4.38. The van der Waals surface area contributed by atoms with Crippen LogP contribution in [0.4, 0.5) is 0 Å². The van der Waals surface area contributed by atoms with E-state index in [4.69, 9.17) is 10.2 Å². The number of thiophene rings is 1. The van der Waals surface area contributed by atoms with Crippen LogP contribution in [0.15, 0.2) is 17.5 Å². The lowest BCUT2D eigenvalue weighted by atomic mass is 10.3. The minimum absolute atomic E-state index is 0.0351. The van der Waals surface area contributed by atoms with Crippen molar-refractivity contribution in [3.63, 3.8) is 0 Å². The van der Waals surface area contributed by atoms with Gasteiger partial charge in [-0.3, -0.25) is 9.59 Å². The molecule has 0 aromatic carbocycles. The van der Waals surface area contributed by atoms with E-state index in [1.54, 1.807) is 17.5 Å². The van der Waals surface area contributed by atoms with Crippen molar-refractivity contribution in [3.8, 4) is 0 Å². The van der Waals surface area contributed by atoms with Crippen LogP contribution in [0.3, 0.4) is 0 Å². The van der Waals surface area contributed by atoms with Gasteiger partial charge in [-0.05, 0) is 30.0 Å². The van der Waals surface area contributed by atoms with Crippen LogP contribution >= 0.6 is 11.3 Å². The molecule has 17 heavy (non-hydrogen) atoms. The predicted molar refractivity (Wildman–Crippen MR) is 64.5 cm³/mol. The van der Waals surface area contributed by atoms with Gasteiger partial charge in [-0.25, -0.2) is 0 Å². The molecule has 1 heterocycles. The van der Waals surface area contributed by atoms with Gasteiger partial charge in [0, 0.05) is 11.0 Å². The van der Waals surface area contributed by atoms with Crippen molar-refractivity contribution in [2.75, 3.05) is 0 Å². The maximum atomic E-state index is 11.3. The first-order valence-electron chi connectivity index (χ1n) is 4.92. The fraction of sp³-hybridized carbons (Fsp3) is 0.273. The second-order valence-electron chi connectivity index (χ2n) is 3.42. The van der Waals surface area contributed by atoms with Gasteiger partial charge < -0.3 is 15.5 Å². The third-order valence-corrected chi connectivity index (χ3v) is 2.93. The molecule has 0 unspecified atom stereocenters. The summed E-state index contributed by atoms with van der Waals surface area (Å²) in [6.45, 7) is 1.36. The number of aliphatic carboxylic acids is 1. The van der Waals surface area contributed by atoms with Crippen LogP contribution in [0, 0.1) is 0 Å². The second-order valence-corrected chi connectivity index (χ2v) is 4.36. The molecule has 0 aliphatic carbocycles. The molecule has 92 valence electrons. The van der Waals surface area contributed by atoms with Crippen molar-refractivity contribution in [2.45, 2.75) is 19.6 Å². The highest BCUT2D eigenvalue weighted by atomic mass is 32.1. The van der Waals surface area contributed by atoms with Crippen LogP contribution in [0.25, 0.3) is 6.08 Å². The van der Waals surface area contributed by atoms with Crippen LogP contribution < -0.4 is 5.32 Å². The van der Waals surface area contributed by atoms with E-state index in [9.17, 15) is 9.59 Å². The minimum atomic E-state index is -1.08. The normalized spacial score (nSPS) is 12.6. The molecular weight excluding hydrogens is 242 g/mol. The summed E-state index contributed by atoms with van der Waals surface area (Å²) >= 11 is 1.40. The van der Waals surface area contributed by atoms with Gasteiger partial charge >= 0.3 is 5.97 Å². The Hall–Kier alpha value is -1.66. The van der Waals surface area contributed by atoms with E-state index < -0.39 is 17.9 Å². The van der Waals surface area contributed by atoms with Gasteiger partial charge in [0.1, 0.15) is 6.04 Å². The maximum Gasteiger partial charge on any atom is 0.325 e. The minimum Gasteiger partial charge on any atom is -0.480 e. The summed E-state index contributed by atoms with van der Waals surface area (Å²) in [4.78, 5) is 22.6. The smallest absolute Gasteiger partial charge is 0.325 e. The average Bonchev–Trinajstić information content (AvgIpc) is 2.74. The summed E-state index contributed by atoms with van der Waals surface area (Å²) in [5.74, 6) is -1.54. The Bertz CT molecular complexity index is 438. The number of carboxylic acid groups (broad SMARTS) is 1. The Kier molecular flexibility index (Phi) is 4.86. The largest absolute Gasteiger partial charge is 0.480 e. The van der Waals surface area contributed by atoms with Gasteiger partial charge in [-0.2, -0.15) is 0 Å². The first-order valence-corrected chi connectivity index (χ1v) is 5.80. The Morgan fingerprint density at radius 2 is 2.29 bits per heavy atom. The summed E-state index contributed by atoms with van der Waals surface area (Å²) < 4.78 is 0. The van der Waals surface area contributed by atoms with E-state index >= 15 is 0 Å². The lowest BCUT2D eigenvalue weighted by molar-refractivity contribution is -0.140. The lowest BCUT2D eigenvalue weighted by Crippen LogP contribution is -2.37. The molecule has 0 radical (unpaired) electrons. The number of hydrogen-bond donors (Lipinski definition) is 3. The molecule has 5 nitrogen and oxygen atoms in total. The van der Waals surface area contributed by atoms with Crippen molar-refractivity contribution in [3.05, 3.63) is 28.0 Å². The summed E-state index contributed by atoms with van der Waals surface area (Å²) in [7, 11) is 0. The van der Waals surface area contributed by atoms with Gasteiger partial charge in [0.25, 0.3) is 0 Å². The fourth-order valence-corrected chi connectivity index (χ4v) is 1.84. The van der Waals surface area contributed by atoms with Gasteiger partial charge in [-0.1, -0.05) is 0 Å². The SMILES string of the molecule is C[C@@H](NC(=O)C=Cc1cc(CO)cs1)C(=O)O. The highest BCUT2D eigenvalue weighted by Crippen LogP contribution is 2.15. The molecule has 0 saturated carbocycles. The number of nitrogens with one attached hydrogen (secondary N) is 1. The summed E-state index contributed by atoms with van der Waals surface area (Å²) in [6, 6.07) is 0.846. The molecule has 1 atom stereocenters. The quantitative estimate of drug-likeness (QED) is 0.680. The third-order valence-electron chi connectivity index (χ3n) is 1.98. The van der Waals surface area contributed by atoms with Gasteiger partial charge in [-0.15, -0.1) is 11.3 Å². The van der Waals surface area contributed by atoms with E-state index in [1.165, 1.54) is 24.3 Å². The highest BCUT2D eigenvalue weighted by Gasteiger charge is 2.11. The number of amides is 1. The number of aliphatic hydroxyl groups excluding tert-OH is 1. The number of hydrogen-bond acceptors (Lipinski definition) is 4. The molecule has 3 N–H and O–H groups in total. The molecule has 1 rings (SSSR count). The molecule has 0 bridgehead atoms. The van der Waals surface area contributed by atoms with Crippen molar-refractivity contribution in [1.82, 2.24) is 5.32 Å². The molecule has 0 saturated heterocycles. The average molecular weight is 255 g/mol. The van der Waals surface area contributed by atoms with Crippen molar-refractivity contribution >= 4 is 29.3 Å². The van der Waals surface area contributed by atoms with Crippen molar-refractivity contribution in [2.24, 2.45) is 0 Å². The molecule has 0 aliphatic rings. The zero-order chi connectivity index (χ0) is 12.8. The van der Waals surface area contributed by atoms with Crippen LogP contribution in [0.1, 0.15) is 17.4 Å². The first-order chi connectivity index (χ1) is 8.02. The van der Waals surface area contributed by atoms with E-state index in [0.717, 1.165) is 10.4 Å². The molecule has 1 aromatic heterocycles. The van der Waals surface area contributed by atoms with Gasteiger partial charge in [0.2, 0.25) is 5.91 Å². The topological polar surface area (TPSA) is 86.6 Å². The number of aliphatic hydroxyl groups is 1. The Labute approximate surface area is 102 Å². The van der Waals surface area contributed by atoms with Crippen LogP contribution in [-0.4, -0.2) is 28.1 Å². The van der Waals surface area contributed by atoms with Crippen molar-refractivity contribution < 1.29 is 19.8 Å². The van der Waals surface area contributed by atoms with Crippen LogP contribution in [-0.2, 0) is 16.2 Å². The van der Waals surface area contributed by atoms with Gasteiger partial charge in [0.15, 0.2) is 0 Å². The molecule has 6 heteroatoms. The molecular formula is C11H13NO4S. The molecule has 1 aromatic rings. The van der Waals surface area contributed by atoms with Gasteiger partial charge in [0.05, 0.1) is 6.61 Å². The Morgan fingerprint density at radius 1 is 1.59 bits per heavy atom. The number of carbonyl (C=O) groups excluding carboxylic acids is 1. The Balaban J connectivity index is 2.53. The number of carboxylic acids is 1. The zero-order valence-corrected chi connectivity index (χ0v) is 10.0. The number of rotatable bonds is 5.